The maximum Gasteiger partial charge on any atom is 0.123 e. The molecular weight excluding hydrogens is 241 g/mol. The van der Waals surface area contributed by atoms with Gasteiger partial charge in [-0.25, -0.2) is 4.39 Å². The number of nitrogens with one attached hydrogen (secondary N) is 1. The summed E-state index contributed by atoms with van der Waals surface area (Å²) in [5.74, 6) is -0.220. The van der Waals surface area contributed by atoms with E-state index in [-0.39, 0.29) is 17.6 Å². The highest BCUT2D eigenvalue weighted by molar-refractivity contribution is 5.32. The summed E-state index contributed by atoms with van der Waals surface area (Å²) in [4.78, 5) is 0. The maximum atomic E-state index is 13.1. The number of hydrogen-bond acceptors (Lipinski definition) is 2. The lowest BCUT2D eigenvalue weighted by molar-refractivity contribution is 0.457. The van der Waals surface area contributed by atoms with Crippen LogP contribution in [0.4, 0.5) is 4.39 Å². The first-order valence-corrected chi connectivity index (χ1v) is 6.33. The number of phenols is 1. The molecule has 1 atom stereocenters. The van der Waals surface area contributed by atoms with E-state index in [1.54, 1.807) is 0 Å². The largest absolute Gasteiger partial charge is 0.508 e. The Labute approximate surface area is 112 Å². The third-order valence-electron chi connectivity index (χ3n) is 3.22. The minimum atomic E-state index is -0.336. The zero-order valence-electron chi connectivity index (χ0n) is 11.2. The summed E-state index contributed by atoms with van der Waals surface area (Å²) in [5, 5.41) is 12.9. The molecule has 0 amide bonds. The van der Waals surface area contributed by atoms with Gasteiger partial charge in [-0.1, -0.05) is 29.8 Å². The lowest BCUT2D eigenvalue weighted by Crippen LogP contribution is -2.18. The van der Waals surface area contributed by atoms with Gasteiger partial charge in [-0.2, -0.15) is 0 Å². The van der Waals surface area contributed by atoms with Gasteiger partial charge in [0.15, 0.2) is 0 Å². The van der Waals surface area contributed by atoms with Crippen molar-refractivity contribution in [2.75, 3.05) is 0 Å². The Morgan fingerprint density at radius 2 is 1.84 bits per heavy atom. The van der Waals surface area contributed by atoms with Crippen molar-refractivity contribution in [3.05, 3.63) is 65.0 Å². The molecule has 0 saturated carbocycles. The van der Waals surface area contributed by atoms with Gasteiger partial charge in [0.05, 0.1) is 0 Å². The van der Waals surface area contributed by atoms with Crippen molar-refractivity contribution in [1.29, 1.82) is 0 Å². The summed E-state index contributed by atoms with van der Waals surface area (Å²) in [7, 11) is 0. The minimum absolute atomic E-state index is 0.116. The van der Waals surface area contributed by atoms with Crippen molar-refractivity contribution in [3.63, 3.8) is 0 Å². The lowest BCUT2D eigenvalue weighted by atomic mass is 10.1. The van der Waals surface area contributed by atoms with E-state index in [1.807, 2.05) is 13.8 Å². The molecular formula is C16H18FNO. The summed E-state index contributed by atoms with van der Waals surface area (Å²) < 4.78 is 13.1. The molecule has 19 heavy (non-hydrogen) atoms. The van der Waals surface area contributed by atoms with Crippen molar-refractivity contribution in [2.24, 2.45) is 0 Å². The summed E-state index contributed by atoms with van der Waals surface area (Å²) in [6.07, 6.45) is 0. The average Bonchev–Trinajstić information content (AvgIpc) is 2.40. The van der Waals surface area contributed by atoms with Gasteiger partial charge in [0.25, 0.3) is 0 Å². The van der Waals surface area contributed by atoms with Crippen LogP contribution < -0.4 is 5.32 Å². The Hall–Kier alpha value is -1.87. The molecule has 0 bridgehead atoms. The van der Waals surface area contributed by atoms with Crippen LogP contribution in [0.5, 0.6) is 5.75 Å². The molecule has 0 heterocycles. The molecule has 2 rings (SSSR count). The minimum Gasteiger partial charge on any atom is -0.508 e. The molecule has 0 aliphatic heterocycles. The molecule has 2 aromatic rings. The third kappa shape index (κ3) is 3.55. The zero-order valence-corrected chi connectivity index (χ0v) is 11.2. The summed E-state index contributed by atoms with van der Waals surface area (Å²) in [6.45, 7) is 4.52. The number of rotatable bonds is 4. The van der Waals surface area contributed by atoms with Crippen molar-refractivity contribution < 1.29 is 9.50 Å². The van der Waals surface area contributed by atoms with E-state index in [0.29, 0.717) is 12.1 Å². The highest BCUT2D eigenvalue weighted by Crippen LogP contribution is 2.19. The summed E-state index contributed by atoms with van der Waals surface area (Å²) >= 11 is 0. The highest BCUT2D eigenvalue weighted by Gasteiger charge is 2.07. The van der Waals surface area contributed by atoms with Crippen LogP contribution in [0.25, 0.3) is 0 Å². The highest BCUT2D eigenvalue weighted by atomic mass is 19.1. The first-order valence-electron chi connectivity index (χ1n) is 6.33. The number of phenolic OH excluding ortho intramolecular Hbond substituents is 1. The Balaban J connectivity index is 2.02. The number of hydrogen-bond donors (Lipinski definition) is 2. The molecule has 2 N–H and O–H groups in total. The molecule has 0 spiro atoms. The lowest BCUT2D eigenvalue weighted by Gasteiger charge is -2.15. The molecule has 2 nitrogen and oxygen atoms in total. The van der Waals surface area contributed by atoms with Gasteiger partial charge in [-0.3, -0.25) is 0 Å². The van der Waals surface area contributed by atoms with Gasteiger partial charge in [-0.05, 0) is 37.6 Å². The van der Waals surface area contributed by atoms with Crippen LogP contribution >= 0.6 is 0 Å². The van der Waals surface area contributed by atoms with E-state index in [9.17, 15) is 9.50 Å². The van der Waals surface area contributed by atoms with Gasteiger partial charge >= 0.3 is 0 Å². The molecule has 0 radical (unpaired) electrons. The quantitative estimate of drug-likeness (QED) is 0.877. The number of benzene rings is 2. The average molecular weight is 259 g/mol. The molecule has 2 aromatic carbocycles. The molecule has 0 fully saturated rings. The molecule has 1 unspecified atom stereocenters. The summed E-state index contributed by atoms with van der Waals surface area (Å²) in [5.41, 5.74) is 2.96. The van der Waals surface area contributed by atoms with E-state index in [4.69, 9.17) is 0 Å². The monoisotopic (exact) mass is 259 g/mol. The molecule has 100 valence electrons. The second kappa shape index (κ2) is 5.85. The van der Waals surface area contributed by atoms with E-state index >= 15 is 0 Å². The predicted octanol–water partition coefficient (Wildman–Crippen LogP) is 3.69. The molecule has 0 aromatic heterocycles. The van der Waals surface area contributed by atoms with Crippen molar-refractivity contribution in [1.82, 2.24) is 5.32 Å². The van der Waals surface area contributed by atoms with Crippen LogP contribution in [0.1, 0.15) is 29.7 Å². The fourth-order valence-electron chi connectivity index (χ4n) is 1.93. The molecule has 0 aliphatic carbocycles. The maximum absolute atomic E-state index is 13.1. The first-order chi connectivity index (χ1) is 9.06. The smallest absolute Gasteiger partial charge is 0.123 e. The third-order valence-corrected chi connectivity index (χ3v) is 3.22. The first kappa shape index (κ1) is 13.6. The van der Waals surface area contributed by atoms with Crippen molar-refractivity contribution >= 4 is 0 Å². The van der Waals surface area contributed by atoms with Gasteiger partial charge in [0.1, 0.15) is 11.6 Å². The fourth-order valence-corrected chi connectivity index (χ4v) is 1.93. The fraction of sp³-hybridized carbons (Fsp3) is 0.250. The van der Waals surface area contributed by atoms with Crippen LogP contribution in [0, 0.1) is 12.7 Å². The van der Waals surface area contributed by atoms with Gasteiger partial charge in [-0.15, -0.1) is 0 Å². The second-order valence-electron chi connectivity index (χ2n) is 4.79. The Morgan fingerprint density at radius 3 is 2.53 bits per heavy atom. The number of halogens is 1. The van der Waals surface area contributed by atoms with Gasteiger partial charge < -0.3 is 10.4 Å². The second-order valence-corrected chi connectivity index (χ2v) is 4.79. The van der Waals surface area contributed by atoms with E-state index in [1.165, 1.54) is 29.3 Å². The van der Waals surface area contributed by atoms with Crippen LogP contribution in [0.15, 0.2) is 42.5 Å². The topological polar surface area (TPSA) is 32.3 Å². The van der Waals surface area contributed by atoms with Crippen LogP contribution in [-0.4, -0.2) is 5.11 Å². The van der Waals surface area contributed by atoms with Crippen molar-refractivity contribution in [2.45, 2.75) is 26.4 Å². The Kier molecular flexibility index (Phi) is 4.17. The van der Waals surface area contributed by atoms with Gasteiger partial charge in [0, 0.05) is 18.2 Å². The Bertz CT molecular complexity index is 551. The molecule has 0 saturated heterocycles. The van der Waals surface area contributed by atoms with E-state index in [2.05, 4.69) is 29.6 Å². The Morgan fingerprint density at radius 1 is 1.16 bits per heavy atom. The van der Waals surface area contributed by atoms with Crippen molar-refractivity contribution in [3.8, 4) is 5.75 Å². The molecule has 0 aliphatic rings. The van der Waals surface area contributed by atoms with Crippen LogP contribution in [-0.2, 0) is 6.54 Å². The predicted molar refractivity (Wildman–Crippen MR) is 74.5 cm³/mol. The zero-order chi connectivity index (χ0) is 13.8. The normalized spacial score (nSPS) is 12.4. The SMILES string of the molecule is Cc1ccc(C(C)NCc2cc(F)ccc2O)cc1. The van der Waals surface area contributed by atoms with Gasteiger partial charge in [0.2, 0.25) is 0 Å². The van der Waals surface area contributed by atoms with Crippen LogP contribution in [0.2, 0.25) is 0 Å². The number of aryl methyl sites for hydroxylation is 1. The van der Waals surface area contributed by atoms with Crippen LogP contribution in [0.3, 0.4) is 0 Å². The van der Waals surface area contributed by atoms with E-state index < -0.39 is 0 Å². The van der Waals surface area contributed by atoms with E-state index in [0.717, 1.165) is 0 Å². The summed E-state index contributed by atoms with van der Waals surface area (Å²) in [6, 6.07) is 12.4. The number of aromatic hydroxyl groups is 1. The standard InChI is InChI=1S/C16H18FNO/c1-11-3-5-13(6-4-11)12(2)18-10-14-9-15(17)7-8-16(14)19/h3-9,12,18-19H,10H2,1-2H3. The molecule has 3 heteroatoms.